The molecule has 8 nitrogen and oxygen atoms in total. The number of sulfonamides is 1. The summed E-state index contributed by atoms with van der Waals surface area (Å²) >= 11 is 6.02. The Morgan fingerprint density at radius 3 is 2.06 bits per heavy atom. The van der Waals surface area contributed by atoms with Crippen LogP contribution >= 0.6 is 11.6 Å². The molecule has 1 aliphatic carbocycles. The van der Waals surface area contributed by atoms with E-state index in [0.29, 0.717) is 0 Å². The number of para-hydroxylation sites is 1. The molecule has 1 aliphatic rings. The van der Waals surface area contributed by atoms with Crippen molar-refractivity contribution in [3.8, 4) is 5.75 Å². The van der Waals surface area contributed by atoms with Crippen LogP contribution in [0.5, 0.6) is 5.75 Å². The molecule has 31 heavy (non-hydrogen) atoms. The van der Waals surface area contributed by atoms with E-state index in [1.54, 1.807) is 0 Å². The van der Waals surface area contributed by atoms with Crippen molar-refractivity contribution in [1.82, 2.24) is 4.31 Å². The number of ketones is 2. The van der Waals surface area contributed by atoms with E-state index in [-0.39, 0.29) is 16.6 Å². The van der Waals surface area contributed by atoms with Crippen LogP contribution in [0.1, 0.15) is 25.3 Å². The number of phenols is 1. The van der Waals surface area contributed by atoms with Crippen molar-refractivity contribution in [3.63, 3.8) is 0 Å². The number of aromatic hydroxyl groups is 1. The summed E-state index contributed by atoms with van der Waals surface area (Å²) in [6.45, 7) is 4.03. The van der Waals surface area contributed by atoms with E-state index in [4.69, 9.17) is 11.6 Å². The van der Waals surface area contributed by atoms with Gasteiger partial charge in [-0.2, -0.15) is 0 Å². The standard InChI is InChI=1S/C21H24ClN3O5S/c1-11(2)12-7-5-6-8-14(12)23-16-17(20(28)19(16)27)24-15-10-9-13(22)21(18(15)26)31(29,30)25(3)4/h5-11,16-17,23-24,26H,1-4H3. The predicted molar refractivity (Wildman–Crippen MR) is 119 cm³/mol. The van der Waals surface area contributed by atoms with Crippen molar-refractivity contribution >= 4 is 44.6 Å². The quantitative estimate of drug-likeness (QED) is 0.425. The fourth-order valence-electron chi connectivity index (χ4n) is 3.37. The third-order valence-electron chi connectivity index (χ3n) is 5.17. The largest absolute Gasteiger partial charge is 0.504 e. The van der Waals surface area contributed by atoms with Crippen LogP contribution < -0.4 is 10.6 Å². The summed E-state index contributed by atoms with van der Waals surface area (Å²) in [4.78, 5) is 24.1. The van der Waals surface area contributed by atoms with E-state index in [0.717, 1.165) is 15.6 Å². The van der Waals surface area contributed by atoms with E-state index >= 15 is 0 Å². The zero-order valence-corrected chi connectivity index (χ0v) is 19.1. The Labute approximate surface area is 186 Å². The first kappa shape index (κ1) is 23.1. The van der Waals surface area contributed by atoms with Crippen LogP contribution in [0.2, 0.25) is 5.02 Å². The van der Waals surface area contributed by atoms with Gasteiger partial charge in [-0.25, -0.2) is 12.7 Å². The molecule has 2 aromatic carbocycles. The minimum atomic E-state index is -4.04. The highest BCUT2D eigenvalue weighted by Gasteiger charge is 2.50. The number of nitrogens with one attached hydrogen (secondary N) is 2. The van der Waals surface area contributed by atoms with E-state index < -0.39 is 44.3 Å². The maximum Gasteiger partial charge on any atom is 0.247 e. The molecule has 1 saturated carbocycles. The van der Waals surface area contributed by atoms with Crippen LogP contribution in [-0.2, 0) is 19.6 Å². The Morgan fingerprint density at radius 1 is 0.968 bits per heavy atom. The molecule has 10 heteroatoms. The van der Waals surface area contributed by atoms with Crippen molar-refractivity contribution in [2.75, 3.05) is 24.7 Å². The molecule has 2 atom stereocenters. The molecule has 3 N–H and O–H groups in total. The van der Waals surface area contributed by atoms with Gasteiger partial charge in [-0.1, -0.05) is 43.6 Å². The highest BCUT2D eigenvalue weighted by atomic mass is 35.5. The molecule has 0 heterocycles. The molecule has 2 unspecified atom stereocenters. The minimum absolute atomic E-state index is 0.0142. The van der Waals surface area contributed by atoms with Crippen molar-refractivity contribution in [2.45, 2.75) is 36.7 Å². The molecule has 3 rings (SSSR count). The maximum absolute atomic E-state index is 12.5. The number of rotatable bonds is 7. The molecular formula is C21H24ClN3O5S. The number of Topliss-reactive ketones (excluding diaryl/α,β-unsaturated/α-hetero) is 2. The van der Waals surface area contributed by atoms with Gasteiger partial charge < -0.3 is 15.7 Å². The first-order valence-corrected chi connectivity index (χ1v) is 11.4. The molecule has 166 valence electrons. The number of benzene rings is 2. The Balaban J connectivity index is 1.92. The summed E-state index contributed by atoms with van der Waals surface area (Å²) in [7, 11) is -1.42. The van der Waals surface area contributed by atoms with Crippen LogP contribution in [0.15, 0.2) is 41.3 Å². The highest BCUT2D eigenvalue weighted by molar-refractivity contribution is 7.89. The molecule has 0 bridgehead atoms. The van der Waals surface area contributed by atoms with Crippen molar-refractivity contribution in [1.29, 1.82) is 0 Å². The number of anilines is 2. The van der Waals surface area contributed by atoms with Crippen molar-refractivity contribution in [3.05, 3.63) is 47.0 Å². The molecule has 1 fully saturated rings. The van der Waals surface area contributed by atoms with Gasteiger partial charge in [0.05, 0.1) is 10.7 Å². The van der Waals surface area contributed by atoms with Crippen molar-refractivity contribution in [2.24, 2.45) is 0 Å². The molecule has 0 saturated heterocycles. The van der Waals surface area contributed by atoms with E-state index in [9.17, 15) is 23.1 Å². The first-order valence-electron chi connectivity index (χ1n) is 9.60. The summed E-state index contributed by atoms with van der Waals surface area (Å²) < 4.78 is 26.0. The van der Waals surface area contributed by atoms with Crippen LogP contribution in [0.3, 0.4) is 0 Å². The zero-order chi connectivity index (χ0) is 23.1. The average Bonchev–Trinajstić information content (AvgIpc) is 2.71. The summed E-state index contributed by atoms with van der Waals surface area (Å²) in [5.74, 6) is -1.67. The Bertz CT molecular complexity index is 1150. The zero-order valence-electron chi connectivity index (χ0n) is 17.5. The summed E-state index contributed by atoms with van der Waals surface area (Å²) in [5.41, 5.74) is 1.70. The Hall–Kier alpha value is -2.62. The topological polar surface area (TPSA) is 116 Å². The number of halogens is 1. The van der Waals surface area contributed by atoms with Gasteiger partial charge in [0.15, 0.2) is 5.75 Å². The molecular weight excluding hydrogens is 442 g/mol. The van der Waals surface area contributed by atoms with Gasteiger partial charge >= 0.3 is 0 Å². The molecule has 2 aromatic rings. The van der Waals surface area contributed by atoms with Crippen LogP contribution in [-0.4, -0.2) is 55.6 Å². The Morgan fingerprint density at radius 2 is 1.52 bits per heavy atom. The van der Waals surface area contributed by atoms with Crippen LogP contribution in [0.4, 0.5) is 11.4 Å². The van der Waals surface area contributed by atoms with E-state index in [1.165, 1.54) is 26.2 Å². The van der Waals surface area contributed by atoms with Gasteiger partial charge in [-0.3, -0.25) is 9.59 Å². The maximum atomic E-state index is 12.5. The normalized spacial score (nSPS) is 18.9. The molecule has 0 aliphatic heterocycles. The second kappa shape index (κ2) is 8.49. The minimum Gasteiger partial charge on any atom is -0.504 e. The molecule has 0 aromatic heterocycles. The lowest BCUT2D eigenvalue weighted by Crippen LogP contribution is -2.64. The number of phenolic OH excluding ortho intramolecular Hbond substituents is 1. The molecule has 0 radical (unpaired) electrons. The third-order valence-corrected chi connectivity index (χ3v) is 7.49. The summed E-state index contributed by atoms with van der Waals surface area (Å²) in [6, 6.07) is 8.30. The number of hydrogen-bond donors (Lipinski definition) is 3. The third kappa shape index (κ3) is 4.13. The monoisotopic (exact) mass is 465 g/mol. The van der Waals surface area contributed by atoms with Crippen LogP contribution in [0, 0.1) is 0 Å². The van der Waals surface area contributed by atoms with Gasteiger partial charge in [0.2, 0.25) is 21.6 Å². The smallest absolute Gasteiger partial charge is 0.247 e. The lowest BCUT2D eigenvalue weighted by molar-refractivity contribution is -0.144. The fourth-order valence-corrected chi connectivity index (χ4v) is 4.85. The van der Waals surface area contributed by atoms with Gasteiger partial charge in [-0.05, 0) is 29.7 Å². The number of carbonyl (C=O) groups is 2. The van der Waals surface area contributed by atoms with E-state index in [2.05, 4.69) is 10.6 Å². The van der Waals surface area contributed by atoms with Crippen LogP contribution in [0.25, 0.3) is 0 Å². The Kier molecular flexibility index (Phi) is 6.31. The molecule has 0 spiro atoms. The lowest BCUT2D eigenvalue weighted by Gasteiger charge is -2.36. The average molecular weight is 466 g/mol. The highest BCUT2D eigenvalue weighted by Crippen LogP contribution is 2.39. The number of hydrogen-bond acceptors (Lipinski definition) is 7. The van der Waals surface area contributed by atoms with E-state index in [1.807, 2.05) is 38.1 Å². The summed E-state index contributed by atoms with van der Waals surface area (Å²) in [5, 5.41) is 16.3. The number of nitrogens with zero attached hydrogens (tertiary/aromatic N) is 1. The molecule has 0 amide bonds. The first-order chi connectivity index (χ1) is 14.5. The number of carbonyl (C=O) groups excluding carboxylic acids is 2. The SMILES string of the molecule is CC(C)c1ccccc1NC1C(=O)C(=O)C1Nc1ccc(Cl)c(S(=O)(=O)N(C)C)c1O. The van der Waals surface area contributed by atoms with Gasteiger partial charge in [0.25, 0.3) is 0 Å². The lowest BCUT2D eigenvalue weighted by atomic mass is 9.82. The second-order valence-electron chi connectivity index (χ2n) is 7.77. The predicted octanol–water partition coefficient (Wildman–Crippen LogP) is 2.83. The van der Waals surface area contributed by atoms with Crippen molar-refractivity contribution < 1.29 is 23.1 Å². The summed E-state index contributed by atoms with van der Waals surface area (Å²) in [6.07, 6.45) is 0. The van der Waals surface area contributed by atoms with Gasteiger partial charge in [-0.15, -0.1) is 0 Å². The van der Waals surface area contributed by atoms with Gasteiger partial charge in [0.1, 0.15) is 17.0 Å². The van der Waals surface area contributed by atoms with Gasteiger partial charge in [0, 0.05) is 19.8 Å². The fraction of sp³-hybridized carbons (Fsp3) is 0.333. The second-order valence-corrected chi connectivity index (χ2v) is 10.3.